The highest BCUT2D eigenvalue weighted by molar-refractivity contribution is 5.89. The molecule has 1 N–H and O–H groups in total. The lowest BCUT2D eigenvalue weighted by Gasteiger charge is -2.21. The normalized spacial score (nSPS) is 12.4. The van der Waals surface area contributed by atoms with Gasteiger partial charge >= 0.3 is 5.97 Å². The molecule has 0 aromatic heterocycles. The van der Waals surface area contributed by atoms with Gasteiger partial charge in [-0.2, -0.15) is 0 Å². The molecule has 1 aliphatic rings. The topological polar surface area (TPSA) is 75.7 Å². The molecule has 1 amide bonds. The second kappa shape index (κ2) is 9.87. The number of ether oxygens (including phenoxy) is 1. The Bertz CT molecular complexity index is 880. The Labute approximate surface area is 170 Å². The van der Waals surface area contributed by atoms with Crippen molar-refractivity contribution in [1.29, 1.82) is 0 Å². The molecule has 6 nitrogen and oxygen atoms in total. The fraction of sp³-hybridized carbons (Fsp3) is 0.348. The molecule has 2 aromatic carbocycles. The first kappa shape index (κ1) is 20.6. The van der Waals surface area contributed by atoms with Crippen molar-refractivity contribution in [2.45, 2.75) is 26.2 Å². The third kappa shape index (κ3) is 5.44. The molecule has 152 valence electrons. The van der Waals surface area contributed by atoms with Crippen molar-refractivity contribution in [2.24, 2.45) is 0 Å². The van der Waals surface area contributed by atoms with Crippen LogP contribution < -0.4 is 10.2 Å². The molecule has 0 saturated carbocycles. The Kier molecular flexibility index (Phi) is 7.00. The number of rotatable bonds is 9. The fourth-order valence-corrected chi connectivity index (χ4v) is 3.65. The van der Waals surface area contributed by atoms with Gasteiger partial charge in [-0.05, 0) is 48.6 Å². The molecule has 0 radical (unpaired) electrons. The molecular formula is C23H26N2O4. The number of aldehydes is 1. The van der Waals surface area contributed by atoms with Crippen molar-refractivity contribution >= 4 is 23.9 Å². The van der Waals surface area contributed by atoms with E-state index in [2.05, 4.69) is 16.3 Å². The lowest BCUT2D eigenvalue weighted by atomic mass is 10.0. The van der Waals surface area contributed by atoms with Gasteiger partial charge in [0.15, 0.2) is 6.29 Å². The number of esters is 1. The summed E-state index contributed by atoms with van der Waals surface area (Å²) < 4.78 is 5.35. The third-order valence-electron chi connectivity index (χ3n) is 4.98. The number of benzene rings is 2. The summed E-state index contributed by atoms with van der Waals surface area (Å²) in [6, 6.07) is 13.0. The summed E-state index contributed by atoms with van der Waals surface area (Å²) in [5.74, 6) is -0.370. The van der Waals surface area contributed by atoms with Gasteiger partial charge in [-0.3, -0.25) is 9.59 Å². The average Bonchev–Trinajstić information content (AvgIpc) is 3.14. The maximum absolute atomic E-state index is 12.0. The Balaban J connectivity index is 1.55. The van der Waals surface area contributed by atoms with Crippen LogP contribution >= 0.6 is 0 Å². The number of carbonyl (C=O) groups excluding carboxylic acids is 3. The molecule has 1 heterocycles. The van der Waals surface area contributed by atoms with E-state index in [0.29, 0.717) is 37.1 Å². The van der Waals surface area contributed by atoms with Crippen molar-refractivity contribution < 1.29 is 19.1 Å². The molecule has 0 unspecified atom stereocenters. The van der Waals surface area contributed by atoms with E-state index in [0.717, 1.165) is 42.6 Å². The minimum Gasteiger partial charge on any atom is -0.462 e. The zero-order valence-electron chi connectivity index (χ0n) is 16.6. The average molecular weight is 394 g/mol. The first-order valence-electron chi connectivity index (χ1n) is 9.91. The maximum Gasteiger partial charge on any atom is 0.338 e. The van der Waals surface area contributed by atoms with Crippen molar-refractivity contribution in [3.63, 3.8) is 0 Å². The van der Waals surface area contributed by atoms with Crippen molar-refractivity contribution in [2.75, 3.05) is 31.1 Å². The van der Waals surface area contributed by atoms with Crippen LogP contribution in [0.3, 0.4) is 0 Å². The summed E-state index contributed by atoms with van der Waals surface area (Å²) in [5.41, 5.74) is 4.43. The number of amides is 1. The van der Waals surface area contributed by atoms with Crippen LogP contribution in [0.5, 0.6) is 0 Å². The summed E-state index contributed by atoms with van der Waals surface area (Å²) in [7, 11) is 0. The monoisotopic (exact) mass is 394 g/mol. The van der Waals surface area contributed by atoms with E-state index in [1.807, 2.05) is 24.3 Å². The second-order valence-corrected chi connectivity index (χ2v) is 7.14. The second-order valence-electron chi connectivity index (χ2n) is 7.14. The SMILES string of the molecule is CC(=O)NCCc1cc(C=O)c2c(c1)CCN2CCCOC(=O)c1ccccc1. The number of anilines is 1. The quantitative estimate of drug-likeness (QED) is 0.402. The Hall–Kier alpha value is -3.15. The van der Waals surface area contributed by atoms with Gasteiger partial charge in [0.2, 0.25) is 5.91 Å². The van der Waals surface area contributed by atoms with Gasteiger partial charge in [0.05, 0.1) is 17.9 Å². The molecule has 0 spiro atoms. The van der Waals surface area contributed by atoms with Gasteiger partial charge in [-0.15, -0.1) is 0 Å². The van der Waals surface area contributed by atoms with E-state index in [-0.39, 0.29) is 11.9 Å². The predicted octanol–water partition coefficient (Wildman–Crippen LogP) is 2.79. The maximum atomic E-state index is 12.0. The van der Waals surface area contributed by atoms with Gasteiger partial charge in [-0.25, -0.2) is 4.79 Å². The highest BCUT2D eigenvalue weighted by Gasteiger charge is 2.23. The smallest absolute Gasteiger partial charge is 0.338 e. The highest BCUT2D eigenvalue weighted by Crippen LogP contribution is 2.32. The number of nitrogens with zero attached hydrogens (tertiary/aromatic N) is 1. The van der Waals surface area contributed by atoms with E-state index in [1.165, 1.54) is 6.92 Å². The highest BCUT2D eigenvalue weighted by atomic mass is 16.5. The molecule has 0 atom stereocenters. The van der Waals surface area contributed by atoms with Crippen LogP contribution in [0.25, 0.3) is 0 Å². The Morgan fingerprint density at radius 2 is 2.00 bits per heavy atom. The first-order valence-corrected chi connectivity index (χ1v) is 9.91. The van der Waals surface area contributed by atoms with Crippen LogP contribution in [0.15, 0.2) is 42.5 Å². The largest absolute Gasteiger partial charge is 0.462 e. The van der Waals surface area contributed by atoms with E-state index >= 15 is 0 Å². The molecule has 29 heavy (non-hydrogen) atoms. The van der Waals surface area contributed by atoms with Gasteiger partial charge in [0.1, 0.15) is 0 Å². The zero-order chi connectivity index (χ0) is 20.6. The van der Waals surface area contributed by atoms with Crippen LogP contribution in [-0.4, -0.2) is 44.4 Å². The predicted molar refractivity (Wildman–Crippen MR) is 111 cm³/mol. The van der Waals surface area contributed by atoms with Crippen LogP contribution in [0, 0.1) is 0 Å². The van der Waals surface area contributed by atoms with Crippen molar-refractivity contribution in [3.05, 3.63) is 64.7 Å². The minimum absolute atomic E-state index is 0.0547. The van der Waals surface area contributed by atoms with E-state index in [9.17, 15) is 14.4 Å². The lowest BCUT2D eigenvalue weighted by Crippen LogP contribution is -2.24. The minimum atomic E-state index is -0.315. The van der Waals surface area contributed by atoms with Crippen LogP contribution in [0.2, 0.25) is 0 Å². The van der Waals surface area contributed by atoms with E-state index in [1.54, 1.807) is 12.1 Å². The van der Waals surface area contributed by atoms with Gasteiger partial charge in [0, 0.05) is 32.1 Å². The Morgan fingerprint density at radius 1 is 1.21 bits per heavy atom. The summed E-state index contributed by atoms with van der Waals surface area (Å²) in [6.07, 6.45) is 3.17. The van der Waals surface area contributed by atoms with Gasteiger partial charge in [-0.1, -0.05) is 24.3 Å². The molecule has 1 aliphatic heterocycles. The summed E-state index contributed by atoms with van der Waals surface area (Å²) >= 11 is 0. The van der Waals surface area contributed by atoms with E-state index in [4.69, 9.17) is 4.74 Å². The van der Waals surface area contributed by atoms with Crippen LogP contribution in [0.4, 0.5) is 5.69 Å². The number of fused-ring (bicyclic) bond motifs is 1. The number of hydrogen-bond donors (Lipinski definition) is 1. The number of carbonyl (C=O) groups is 3. The molecule has 6 heteroatoms. The van der Waals surface area contributed by atoms with Crippen LogP contribution in [0.1, 0.15) is 45.2 Å². The Morgan fingerprint density at radius 3 is 2.72 bits per heavy atom. The van der Waals surface area contributed by atoms with Crippen molar-refractivity contribution in [1.82, 2.24) is 5.32 Å². The summed E-state index contributed by atoms with van der Waals surface area (Å²) in [4.78, 5) is 36.9. The molecule has 2 aromatic rings. The molecule has 0 fully saturated rings. The molecule has 0 bridgehead atoms. The fourth-order valence-electron chi connectivity index (χ4n) is 3.65. The third-order valence-corrected chi connectivity index (χ3v) is 4.98. The molecular weight excluding hydrogens is 368 g/mol. The lowest BCUT2D eigenvalue weighted by molar-refractivity contribution is -0.118. The van der Waals surface area contributed by atoms with Gasteiger partial charge < -0.3 is 15.0 Å². The summed E-state index contributed by atoms with van der Waals surface area (Å²) in [5, 5.41) is 2.78. The summed E-state index contributed by atoms with van der Waals surface area (Å²) in [6.45, 7) is 3.96. The first-order chi connectivity index (χ1) is 14.1. The molecule has 0 saturated heterocycles. The van der Waals surface area contributed by atoms with Crippen molar-refractivity contribution in [3.8, 4) is 0 Å². The van der Waals surface area contributed by atoms with E-state index < -0.39 is 0 Å². The number of nitrogens with one attached hydrogen (secondary N) is 1. The van der Waals surface area contributed by atoms with Gasteiger partial charge in [0.25, 0.3) is 0 Å². The zero-order valence-corrected chi connectivity index (χ0v) is 16.6. The number of hydrogen-bond acceptors (Lipinski definition) is 5. The molecule has 3 rings (SSSR count). The standard InChI is InChI=1S/C23H26N2O4/c1-17(27)24-10-8-18-14-20-9-12-25(22(20)21(15-18)16-26)11-5-13-29-23(28)19-6-3-2-4-7-19/h2-4,6-7,14-16H,5,8-13H2,1H3,(H,24,27). The molecule has 0 aliphatic carbocycles. The van der Waals surface area contributed by atoms with Crippen LogP contribution in [-0.2, 0) is 22.4 Å².